The van der Waals surface area contributed by atoms with Crippen LogP contribution in [0.4, 0.5) is 0 Å². The first kappa shape index (κ1) is 23.2. The third-order valence-corrected chi connectivity index (χ3v) is 5.40. The Kier molecular flexibility index (Phi) is 7.70. The van der Waals surface area contributed by atoms with Crippen molar-refractivity contribution in [2.75, 3.05) is 6.61 Å². The quantitative estimate of drug-likeness (QED) is 0.453. The van der Waals surface area contributed by atoms with E-state index in [1.165, 1.54) is 5.57 Å². The number of nitrogens with zero attached hydrogens (tertiary/aromatic N) is 2. The molecule has 0 amide bonds. The number of aryl methyl sites for hydroxylation is 2. The molecular weight excluding hydrogens is 384 g/mol. The van der Waals surface area contributed by atoms with Crippen LogP contribution in [0.5, 0.6) is 5.88 Å². The number of ketones is 1. The van der Waals surface area contributed by atoms with Crippen LogP contribution < -0.4 is 4.74 Å². The van der Waals surface area contributed by atoms with Crippen LogP contribution in [-0.2, 0) is 6.54 Å². The van der Waals surface area contributed by atoms with Gasteiger partial charge in [-0.1, -0.05) is 37.9 Å². The van der Waals surface area contributed by atoms with E-state index in [1.807, 2.05) is 37.6 Å². The molecular formula is C24H33ClN2O2. The third-order valence-electron chi connectivity index (χ3n) is 5.08. The molecule has 0 atom stereocenters. The first-order chi connectivity index (χ1) is 13.6. The normalized spacial score (nSPS) is 11.1. The van der Waals surface area contributed by atoms with E-state index in [2.05, 4.69) is 39.7 Å². The summed E-state index contributed by atoms with van der Waals surface area (Å²) < 4.78 is 7.89. The summed E-state index contributed by atoms with van der Waals surface area (Å²) >= 11 is 6.50. The molecule has 1 heterocycles. The van der Waals surface area contributed by atoms with Gasteiger partial charge in [0.25, 0.3) is 0 Å². The molecule has 0 bridgehead atoms. The zero-order valence-corrected chi connectivity index (χ0v) is 19.7. The maximum absolute atomic E-state index is 13.6. The molecule has 4 nitrogen and oxygen atoms in total. The summed E-state index contributed by atoms with van der Waals surface area (Å²) in [6.07, 6.45) is 0.913. The van der Waals surface area contributed by atoms with Gasteiger partial charge in [0.1, 0.15) is 5.56 Å². The number of rotatable bonds is 8. The molecule has 29 heavy (non-hydrogen) atoms. The highest BCUT2D eigenvalue weighted by Crippen LogP contribution is 2.34. The van der Waals surface area contributed by atoms with Crippen molar-refractivity contribution >= 4 is 23.0 Å². The summed E-state index contributed by atoms with van der Waals surface area (Å²) in [7, 11) is 0. The highest BCUT2D eigenvalue weighted by atomic mass is 35.5. The predicted molar refractivity (Wildman–Crippen MR) is 121 cm³/mol. The van der Waals surface area contributed by atoms with Crippen molar-refractivity contribution in [3.8, 4) is 5.88 Å². The standard InChI is InChI=1S/C24H33ClN2O2/c1-9-12-27-24(29-13-14(2)3)22(18(8)26-27)23(28)19-10-11-20(25)21(17(19)7)16(6)15(4)5/h10-11,14H,9,12-13H2,1-8H3. The second kappa shape index (κ2) is 9.62. The number of hydrogen-bond donors (Lipinski definition) is 0. The van der Waals surface area contributed by atoms with Gasteiger partial charge < -0.3 is 4.74 Å². The van der Waals surface area contributed by atoms with E-state index in [0.717, 1.165) is 23.1 Å². The topological polar surface area (TPSA) is 44.1 Å². The summed E-state index contributed by atoms with van der Waals surface area (Å²) in [6.45, 7) is 17.5. The summed E-state index contributed by atoms with van der Waals surface area (Å²) in [5, 5.41) is 5.25. The van der Waals surface area contributed by atoms with Crippen molar-refractivity contribution in [2.45, 2.75) is 68.4 Å². The van der Waals surface area contributed by atoms with Crippen molar-refractivity contribution in [1.29, 1.82) is 0 Å². The molecule has 2 aromatic rings. The molecule has 2 rings (SSSR count). The highest BCUT2D eigenvalue weighted by molar-refractivity contribution is 6.32. The van der Waals surface area contributed by atoms with Gasteiger partial charge in [0, 0.05) is 17.1 Å². The number of halogens is 1. The molecule has 0 N–H and O–H groups in total. The van der Waals surface area contributed by atoms with Crippen LogP contribution in [0.1, 0.15) is 80.7 Å². The Morgan fingerprint density at radius 3 is 2.38 bits per heavy atom. The predicted octanol–water partition coefficient (Wildman–Crippen LogP) is 6.64. The SMILES string of the molecule is CCCn1nc(C)c(C(=O)c2ccc(Cl)c(C(C)=C(C)C)c2C)c1OCC(C)C. The molecule has 0 fully saturated rings. The van der Waals surface area contributed by atoms with E-state index in [1.54, 1.807) is 0 Å². The lowest BCUT2D eigenvalue weighted by Gasteiger charge is -2.16. The van der Waals surface area contributed by atoms with Gasteiger partial charge >= 0.3 is 0 Å². The van der Waals surface area contributed by atoms with Gasteiger partial charge in [-0.25, -0.2) is 4.68 Å². The number of benzene rings is 1. The molecule has 158 valence electrons. The van der Waals surface area contributed by atoms with Crippen LogP contribution in [0.15, 0.2) is 17.7 Å². The average molecular weight is 417 g/mol. The highest BCUT2D eigenvalue weighted by Gasteiger charge is 2.26. The van der Waals surface area contributed by atoms with Crippen LogP contribution in [-0.4, -0.2) is 22.2 Å². The van der Waals surface area contributed by atoms with Gasteiger partial charge in [0.05, 0.1) is 12.3 Å². The monoisotopic (exact) mass is 416 g/mol. The van der Waals surface area contributed by atoms with Crippen molar-refractivity contribution in [2.24, 2.45) is 5.92 Å². The maximum atomic E-state index is 13.6. The molecule has 0 aliphatic carbocycles. The van der Waals surface area contributed by atoms with Crippen molar-refractivity contribution in [3.63, 3.8) is 0 Å². The number of carbonyl (C=O) groups excluding carboxylic acids is 1. The van der Waals surface area contributed by atoms with Crippen molar-refractivity contribution in [1.82, 2.24) is 9.78 Å². The third kappa shape index (κ3) is 4.92. The smallest absolute Gasteiger partial charge is 0.223 e. The molecule has 0 radical (unpaired) electrons. The minimum atomic E-state index is -0.0689. The minimum absolute atomic E-state index is 0.0689. The van der Waals surface area contributed by atoms with Gasteiger partial charge in [-0.2, -0.15) is 5.10 Å². The average Bonchev–Trinajstić information content (AvgIpc) is 2.94. The van der Waals surface area contributed by atoms with Crippen LogP contribution in [0, 0.1) is 19.8 Å². The van der Waals surface area contributed by atoms with Crippen LogP contribution in [0.2, 0.25) is 5.02 Å². The molecule has 1 aromatic carbocycles. The first-order valence-corrected chi connectivity index (χ1v) is 10.7. The summed E-state index contributed by atoms with van der Waals surface area (Å²) in [4.78, 5) is 13.6. The van der Waals surface area contributed by atoms with E-state index in [9.17, 15) is 4.79 Å². The molecule has 0 saturated carbocycles. The lowest BCUT2D eigenvalue weighted by atomic mass is 9.91. The molecule has 0 unspecified atom stereocenters. The second-order valence-corrected chi connectivity index (χ2v) is 8.65. The van der Waals surface area contributed by atoms with E-state index in [4.69, 9.17) is 16.3 Å². The Morgan fingerprint density at radius 1 is 1.17 bits per heavy atom. The van der Waals surface area contributed by atoms with Crippen molar-refractivity contribution < 1.29 is 9.53 Å². The molecule has 0 spiro atoms. The Hall–Kier alpha value is -2.07. The van der Waals surface area contributed by atoms with Gasteiger partial charge in [0.2, 0.25) is 11.7 Å². The van der Waals surface area contributed by atoms with E-state index in [0.29, 0.717) is 46.8 Å². The fourth-order valence-corrected chi connectivity index (χ4v) is 3.69. The Morgan fingerprint density at radius 2 is 1.83 bits per heavy atom. The van der Waals surface area contributed by atoms with Crippen LogP contribution in [0.3, 0.4) is 0 Å². The van der Waals surface area contributed by atoms with Crippen LogP contribution >= 0.6 is 11.6 Å². The number of aromatic nitrogens is 2. The van der Waals surface area contributed by atoms with Gasteiger partial charge in [-0.05, 0) is 75.8 Å². The number of carbonyl (C=O) groups is 1. The lowest BCUT2D eigenvalue weighted by molar-refractivity contribution is 0.103. The van der Waals surface area contributed by atoms with E-state index >= 15 is 0 Å². The minimum Gasteiger partial charge on any atom is -0.477 e. The second-order valence-electron chi connectivity index (χ2n) is 8.24. The molecule has 5 heteroatoms. The van der Waals surface area contributed by atoms with E-state index in [-0.39, 0.29) is 5.78 Å². The van der Waals surface area contributed by atoms with Crippen LogP contribution in [0.25, 0.3) is 5.57 Å². The van der Waals surface area contributed by atoms with Gasteiger partial charge in [-0.3, -0.25) is 4.79 Å². The van der Waals surface area contributed by atoms with Crippen molar-refractivity contribution in [3.05, 3.63) is 50.7 Å². The lowest BCUT2D eigenvalue weighted by Crippen LogP contribution is -2.13. The van der Waals surface area contributed by atoms with Gasteiger partial charge in [0.15, 0.2) is 0 Å². The van der Waals surface area contributed by atoms with E-state index < -0.39 is 0 Å². The largest absolute Gasteiger partial charge is 0.477 e. The summed E-state index contributed by atoms with van der Waals surface area (Å²) in [6, 6.07) is 3.62. The molecule has 0 saturated heterocycles. The fraction of sp³-hybridized carbons (Fsp3) is 0.500. The van der Waals surface area contributed by atoms with Gasteiger partial charge in [-0.15, -0.1) is 0 Å². The fourth-order valence-electron chi connectivity index (χ4n) is 3.35. The Balaban J connectivity index is 2.64. The first-order valence-electron chi connectivity index (χ1n) is 10.3. The summed E-state index contributed by atoms with van der Waals surface area (Å²) in [5.74, 6) is 0.853. The Labute approximate surface area is 179 Å². The zero-order chi connectivity index (χ0) is 21.9. The number of ether oxygens (including phenoxy) is 1. The molecule has 1 aromatic heterocycles. The maximum Gasteiger partial charge on any atom is 0.223 e. The zero-order valence-electron chi connectivity index (χ0n) is 18.9. The molecule has 0 aliphatic heterocycles. The number of allylic oxidation sites excluding steroid dienone is 2. The Bertz CT molecular complexity index is 935. The molecule has 0 aliphatic rings. The number of hydrogen-bond acceptors (Lipinski definition) is 3. The summed E-state index contributed by atoms with van der Waals surface area (Å²) in [5.41, 5.74) is 5.96.